The summed E-state index contributed by atoms with van der Waals surface area (Å²) < 4.78 is 0. The highest BCUT2D eigenvalue weighted by Gasteiger charge is 2.32. The van der Waals surface area contributed by atoms with Crippen LogP contribution < -0.4 is 5.73 Å². The molecule has 3 unspecified atom stereocenters. The Bertz CT molecular complexity index is 268. The Morgan fingerprint density at radius 2 is 1.94 bits per heavy atom. The van der Waals surface area contributed by atoms with Gasteiger partial charge in [-0.25, -0.2) is 0 Å². The van der Waals surface area contributed by atoms with Gasteiger partial charge >= 0.3 is 0 Å². The summed E-state index contributed by atoms with van der Waals surface area (Å²) in [6, 6.07) is 0.318. The minimum absolute atomic E-state index is 0.0447. The van der Waals surface area contributed by atoms with Crippen molar-refractivity contribution in [3.05, 3.63) is 0 Å². The minimum Gasteiger partial charge on any atom is -0.339 e. The molecule has 0 aliphatic heterocycles. The van der Waals surface area contributed by atoms with Crippen LogP contribution in [-0.2, 0) is 4.79 Å². The van der Waals surface area contributed by atoms with Crippen LogP contribution in [0.3, 0.4) is 0 Å². The first-order valence-corrected chi connectivity index (χ1v) is 7.18. The van der Waals surface area contributed by atoms with E-state index in [1.807, 2.05) is 19.0 Å². The van der Waals surface area contributed by atoms with Gasteiger partial charge in [-0.15, -0.1) is 0 Å². The van der Waals surface area contributed by atoms with E-state index in [9.17, 15) is 4.79 Å². The highest BCUT2D eigenvalue weighted by atomic mass is 16.2. The lowest BCUT2D eigenvalue weighted by Crippen LogP contribution is -2.50. The van der Waals surface area contributed by atoms with E-state index in [1.54, 1.807) is 0 Å². The van der Waals surface area contributed by atoms with Gasteiger partial charge in [-0.05, 0) is 40.8 Å². The monoisotopic (exact) mass is 255 g/mol. The Morgan fingerprint density at radius 1 is 1.33 bits per heavy atom. The van der Waals surface area contributed by atoms with Gasteiger partial charge in [0.15, 0.2) is 0 Å². The van der Waals surface area contributed by atoms with Gasteiger partial charge in [0.1, 0.15) is 0 Å². The zero-order valence-electron chi connectivity index (χ0n) is 12.4. The molecule has 0 aromatic rings. The van der Waals surface area contributed by atoms with E-state index in [2.05, 4.69) is 18.7 Å². The van der Waals surface area contributed by atoms with Crippen LogP contribution in [0.1, 0.15) is 39.5 Å². The smallest absolute Gasteiger partial charge is 0.227 e. The second kappa shape index (κ2) is 7.10. The molecule has 4 nitrogen and oxygen atoms in total. The third-order valence-electron chi connectivity index (χ3n) is 3.92. The molecule has 1 rings (SSSR count). The van der Waals surface area contributed by atoms with Crippen molar-refractivity contribution in [1.29, 1.82) is 0 Å². The van der Waals surface area contributed by atoms with Gasteiger partial charge in [-0.2, -0.15) is 0 Å². The number of rotatable bonds is 5. The summed E-state index contributed by atoms with van der Waals surface area (Å²) >= 11 is 0. The third-order valence-corrected chi connectivity index (χ3v) is 3.92. The fourth-order valence-corrected chi connectivity index (χ4v) is 2.99. The predicted octanol–water partition coefficient (Wildman–Crippen LogP) is 1.30. The molecule has 0 aromatic carbocycles. The standard InChI is InChI=1S/C14H29N3O/c1-5-17(11(2)10-16(3)4)14(18)12-8-6-7-9-13(12)15/h11-13H,5-10,15H2,1-4H3. The van der Waals surface area contributed by atoms with E-state index in [0.717, 1.165) is 32.4 Å². The molecule has 1 amide bonds. The molecule has 3 atom stereocenters. The Labute approximate surface area is 111 Å². The van der Waals surface area contributed by atoms with Crippen LogP contribution in [0.15, 0.2) is 0 Å². The van der Waals surface area contributed by atoms with Crippen LogP contribution in [0.2, 0.25) is 0 Å². The van der Waals surface area contributed by atoms with Crippen LogP contribution in [-0.4, -0.2) is 55.0 Å². The number of hydrogen-bond donors (Lipinski definition) is 1. The second-order valence-electron chi connectivity index (χ2n) is 5.79. The average molecular weight is 255 g/mol. The number of nitrogens with two attached hydrogens (primary N) is 1. The Morgan fingerprint density at radius 3 is 2.44 bits per heavy atom. The summed E-state index contributed by atoms with van der Waals surface area (Å²) in [7, 11) is 4.09. The summed E-state index contributed by atoms with van der Waals surface area (Å²) in [6.45, 7) is 5.85. The van der Waals surface area contributed by atoms with E-state index in [1.165, 1.54) is 6.42 Å². The highest BCUT2D eigenvalue weighted by Crippen LogP contribution is 2.25. The molecule has 0 aromatic heterocycles. The van der Waals surface area contributed by atoms with Gasteiger partial charge in [-0.1, -0.05) is 12.8 Å². The number of hydrogen-bond acceptors (Lipinski definition) is 3. The number of carbonyl (C=O) groups is 1. The molecule has 0 saturated heterocycles. The van der Waals surface area contributed by atoms with Crippen molar-refractivity contribution in [2.24, 2.45) is 11.7 Å². The minimum atomic E-state index is 0.0447. The van der Waals surface area contributed by atoms with Crippen molar-refractivity contribution < 1.29 is 4.79 Å². The van der Waals surface area contributed by atoms with Crippen molar-refractivity contribution in [3.8, 4) is 0 Å². The average Bonchev–Trinajstić information content (AvgIpc) is 2.29. The fraction of sp³-hybridized carbons (Fsp3) is 0.929. The predicted molar refractivity (Wildman–Crippen MR) is 75.3 cm³/mol. The molecule has 1 fully saturated rings. The summed E-state index contributed by atoms with van der Waals surface area (Å²) in [5.41, 5.74) is 6.12. The molecule has 0 heterocycles. The highest BCUT2D eigenvalue weighted by molar-refractivity contribution is 5.80. The second-order valence-corrected chi connectivity index (χ2v) is 5.79. The first-order valence-electron chi connectivity index (χ1n) is 7.18. The zero-order chi connectivity index (χ0) is 13.7. The van der Waals surface area contributed by atoms with Gasteiger partial charge < -0.3 is 15.5 Å². The van der Waals surface area contributed by atoms with Crippen molar-refractivity contribution in [2.45, 2.75) is 51.6 Å². The van der Waals surface area contributed by atoms with E-state index in [-0.39, 0.29) is 23.9 Å². The maximum atomic E-state index is 12.6. The van der Waals surface area contributed by atoms with E-state index in [4.69, 9.17) is 5.73 Å². The number of amides is 1. The van der Waals surface area contributed by atoms with E-state index in [0.29, 0.717) is 0 Å². The number of nitrogens with zero attached hydrogens (tertiary/aromatic N) is 2. The summed E-state index contributed by atoms with van der Waals surface area (Å²) in [6.07, 6.45) is 4.27. The molecule has 106 valence electrons. The lowest BCUT2D eigenvalue weighted by Gasteiger charge is -2.36. The van der Waals surface area contributed by atoms with Crippen molar-refractivity contribution in [3.63, 3.8) is 0 Å². The topological polar surface area (TPSA) is 49.6 Å². The van der Waals surface area contributed by atoms with Gasteiger partial charge in [0.2, 0.25) is 5.91 Å². The Kier molecular flexibility index (Phi) is 6.09. The maximum Gasteiger partial charge on any atom is 0.227 e. The van der Waals surface area contributed by atoms with Crippen LogP contribution in [0.25, 0.3) is 0 Å². The third kappa shape index (κ3) is 3.95. The fourth-order valence-electron chi connectivity index (χ4n) is 2.99. The molecule has 4 heteroatoms. The molecule has 0 spiro atoms. The van der Waals surface area contributed by atoms with Crippen molar-refractivity contribution in [1.82, 2.24) is 9.80 Å². The quantitative estimate of drug-likeness (QED) is 0.805. The molecular formula is C14H29N3O. The van der Waals surface area contributed by atoms with Gasteiger partial charge in [0, 0.05) is 25.2 Å². The summed E-state index contributed by atoms with van der Waals surface area (Å²) in [5.74, 6) is 0.308. The number of likely N-dealkylation sites (N-methyl/N-ethyl adjacent to an activating group) is 2. The molecular weight excluding hydrogens is 226 g/mol. The van der Waals surface area contributed by atoms with Gasteiger partial charge in [0.05, 0.1) is 5.92 Å². The van der Waals surface area contributed by atoms with Gasteiger partial charge in [-0.3, -0.25) is 4.79 Å². The molecule has 1 saturated carbocycles. The molecule has 1 aliphatic rings. The first kappa shape index (κ1) is 15.4. The largest absolute Gasteiger partial charge is 0.339 e. The summed E-state index contributed by atoms with van der Waals surface area (Å²) in [4.78, 5) is 16.7. The zero-order valence-corrected chi connectivity index (χ0v) is 12.4. The molecule has 0 radical (unpaired) electrons. The first-order chi connectivity index (χ1) is 8.47. The lowest BCUT2D eigenvalue weighted by atomic mass is 9.84. The van der Waals surface area contributed by atoms with Crippen LogP contribution in [0.5, 0.6) is 0 Å². The van der Waals surface area contributed by atoms with Crippen LogP contribution >= 0.6 is 0 Å². The van der Waals surface area contributed by atoms with E-state index >= 15 is 0 Å². The normalized spacial score (nSPS) is 26.1. The number of carbonyl (C=O) groups excluding carboxylic acids is 1. The SMILES string of the molecule is CCN(C(=O)C1CCCCC1N)C(C)CN(C)C. The molecule has 18 heavy (non-hydrogen) atoms. The Hall–Kier alpha value is -0.610. The van der Waals surface area contributed by atoms with Crippen LogP contribution in [0, 0.1) is 5.92 Å². The summed E-state index contributed by atoms with van der Waals surface area (Å²) in [5, 5.41) is 0. The van der Waals surface area contributed by atoms with Crippen molar-refractivity contribution >= 4 is 5.91 Å². The Balaban J connectivity index is 2.65. The molecule has 0 bridgehead atoms. The van der Waals surface area contributed by atoms with Gasteiger partial charge in [0.25, 0.3) is 0 Å². The lowest BCUT2D eigenvalue weighted by molar-refractivity contribution is -0.139. The molecule has 1 aliphatic carbocycles. The van der Waals surface area contributed by atoms with Crippen LogP contribution in [0.4, 0.5) is 0 Å². The van der Waals surface area contributed by atoms with E-state index < -0.39 is 0 Å². The van der Waals surface area contributed by atoms with Crippen molar-refractivity contribution in [2.75, 3.05) is 27.2 Å². The molecule has 2 N–H and O–H groups in total. The maximum absolute atomic E-state index is 12.6.